The van der Waals surface area contributed by atoms with Crippen LogP contribution in [0.1, 0.15) is 41.5 Å². The number of amides is 2. The van der Waals surface area contributed by atoms with Crippen LogP contribution in [0.2, 0.25) is 5.02 Å². The Hall–Kier alpha value is -3.32. The Morgan fingerprint density at radius 1 is 0.868 bits per heavy atom. The predicted molar refractivity (Wildman–Crippen MR) is 141 cm³/mol. The maximum Gasteiger partial charge on any atom is 0.416 e. The van der Waals surface area contributed by atoms with E-state index >= 15 is 0 Å². The van der Waals surface area contributed by atoms with E-state index in [1.54, 1.807) is 23.1 Å². The van der Waals surface area contributed by atoms with Crippen LogP contribution in [0.4, 0.5) is 13.2 Å². The molecule has 2 amide bonds. The van der Waals surface area contributed by atoms with E-state index in [1.807, 2.05) is 42.5 Å². The van der Waals surface area contributed by atoms with Crippen molar-refractivity contribution in [2.45, 2.75) is 44.8 Å². The molecule has 0 atom stereocenters. The molecule has 4 rings (SSSR count). The fourth-order valence-corrected chi connectivity index (χ4v) is 5.07. The van der Waals surface area contributed by atoms with Crippen molar-refractivity contribution < 1.29 is 22.8 Å². The minimum absolute atomic E-state index is 0.00301. The molecule has 0 bridgehead atoms. The first-order valence-electron chi connectivity index (χ1n) is 12.7. The number of piperidine rings is 1. The highest BCUT2D eigenvalue weighted by molar-refractivity contribution is 6.30. The topological polar surface area (TPSA) is 49.4 Å². The number of hydrogen-bond acceptors (Lipinski definition) is 2. The van der Waals surface area contributed by atoms with Gasteiger partial charge >= 0.3 is 6.18 Å². The van der Waals surface area contributed by atoms with Crippen LogP contribution >= 0.6 is 11.6 Å². The number of benzene rings is 3. The molecule has 1 fully saturated rings. The van der Waals surface area contributed by atoms with Crippen molar-refractivity contribution in [3.63, 3.8) is 0 Å². The molecule has 4 nitrogen and oxygen atoms in total. The second kappa shape index (κ2) is 12.0. The maximum atomic E-state index is 13.5. The van der Waals surface area contributed by atoms with Crippen molar-refractivity contribution in [1.82, 2.24) is 10.2 Å². The number of hydrogen-bond donors (Lipinski definition) is 1. The molecule has 1 aliphatic rings. The van der Waals surface area contributed by atoms with Crippen LogP contribution in [0, 0.1) is 5.41 Å². The van der Waals surface area contributed by atoms with Gasteiger partial charge in [0, 0.05) is 31.1 Å². The summed E-state index contributed by atoms with van der Waals surface area (Å²) in [6.45, 7) is 0.898. The highest BCUT2D eigenvalue weighted by Crippen LogP contribution is 2.36. The lowest BCUT2D eigenvalue weighted by Crippen LogP contribution is -2.51. The van der Waals surface area contributed by atoms with E-state index in [4.69, 9.17) is 11.6 Å². The van der Waals surface area contributed by atoms with E-state index in [9.17, 15) is 22.8 Å². The zero-order chi connectivity index (χ0) is 27.2. The Kier molecular flexibility index (Phi) is 8.77. The minimum Gasteiger partial charge on any atom is -0.352 e. The van der Waals surface area contributed by atoms with Crippen LogP contribution in [0.5, 0.6) is 0 Å². The highest BCUT2D eigenvalue weighted by atomic mass is 35.5. The van der Waals surface area contributed by atoms with Crippen LogP contribution in [-0.4, -0.2) is 29.8 Å². The second-order valence-electron chi connectivity index (χ2n) is 9.83. The number of nitrogens with one attached hydrogen (secondary N) is 1. The summed E-state index contributed by atoms with van der Waals surface area (Å²) in [5.74, 6) is -0.162. The maximum absolute atomic E-state index is 13.5. The summed E-state index contributed by atoms with van der Waals surface area (Å²) in [5, 5.41) is 3.53. The van der Waals surface area contributed by atoms with Gasteiger partial charge in [-0.15, -0.1) is 0 Å². The monoisotopic (exact) mass is 542 g/mol. The van der Waals surface area contributed by atoms with Crippen LogP contribution in [0.25, 0.3) is 0 Å². The molecule has 0 radical (unpaired) electrons. The van der Waals surface area contributed by atoms with Crippen molar-refractivity contribution in [1.29, 1.82) is 0 Å². The Balaban J connectivity index is 1.41. The van der Waals surface area contributed by atoms with Crippen LogP contribution in [0.3, 0.4) is 0 Å². The standard InChI is InChI=1S/C30H30ClF3N2O2/c31-26-12-9-22(10-13-26)11-14-27(37)36-17-15-29(16-18-36,20-23-5-2-1-3-6-23)28(38)35-21-24-7-4-8-25(19-24)30(32,33)34/h1-10,12-13,19H,11,14-18,20-21H2,(H,35,38). The minimum atomic E-state index is -4.44. The molecule has 1 N–H and O–H groups in total. The molecule has 0 saturated carbocycles. The van der Waals surface area contributed by atoms with Gasteiger partial charge in [0.25, 0.3) is 0 Å². The Bertz CT molecular complexity index is 1240. The summed E-state index contributed by atoms with van der Waals surface area (Å²) >= 11 is 5.94. The van der Waals surface area contributed by atoms with Gasteiger partial charge in [-0.25, -0.2) is 0 Å². The van der Waals surface area contributed by atoms with Crippen molar-refractivity contribution in [3.05, 3.63) is 106 Å². The number of aryl methyl sites for hydroxylation is 1. The van der Waals surface area contributed by atoms with Gasteiger partial charge in [-0.05, 0) is 66.6 Å². The van der Waals surface area contributed by atoms with Gasteiger partial charge in [0.15, 0.2) is 0 Å². The van der Waals surface area contributed by atoms with Crippen molar-refractivity contribution in [2.75, 3.05) is 13.1 Å². The third-order valence-corrected chi connectivity index (χ3v) is 7.44. The zero-order valence-corrected chi connectivity index (χ0v) is 21.7. The van der Waals surface area contributed by atoms with Crippen LogP contribution in [0.15, 0.2) is 78.9 Å². The van der Waals surface area contributed by atoms with Gasteiger partial charge in [-0.1, -0.05) is 66.2 Å². The molecule has 1 heterocycles. The van der Waals surface area contributed by atoms with Gasteiger partial charge < -0.3 is 10.2 Å². The normalized spacial score (nSPS) is 15.2. The van der Waals surface area contributed by atoms with Crippen molar-refractivity contribution in [2.24, 2.45) is 5.41 Å². The molecule has 8 heteroatoms. The number of alkyl halides is 3. The van der Waals surface area contributed by atoms with E-state index in [2.05, 4.69) is 5.32 Å². The molecule has 1 saturated heterocycles. The average molecular weight is 543 g/mol. The first-order chi connectivity index (χ1) is 18.1. The Morgan fingerprint density at radius 3 is 2.18 bits per heavy atom. The van der Waals surface area contributed by atoms with E-state index < -0.39 is 17.2 Å². The molecule has 1 aliphatic heterocycles. The van der Waals surface area contributed by atoms with E-state index in [0.717, 1.165) is 23.3 Å². The number of carbonyl (C=O) groups excluding carboxylic acids is 2. The van der Waals surface area contributed by atoms with E-state index in [0.29, 0.717) is 55.8 Å². The van der Waals surface area contributed by atoms with Gasteiger partial charge in [-0.3, -0.25) is 9.59 Å². The molecule has 0 spiro atoms. The number of halogens is 4. The molecular weight excluding hydrogens is 513 g/mol. The lowest BCUT2D eigenvalue weighted by atomic mass is 9.72. The summed E-state index contributed by atoms with van der Waals surface area (Å²) in [6, 6.07) is 22.1. The second-order valence-corrected chi connectivity index (χ2v) is 10.3. The number of rotatable bonds is 8. The Morgan fingerprint density at radius 2 is 1.53 bits per heavy atom. The lowest BCUT2D eigenvalue weighted by Gasteiger charge is -2.41. The zero-order valence-electron chi connectivity index (χ0n) is 20.9. The summed E-state index contributed by atoms with van der Waals surface area (Å²) < 4.78 is 39.3. The molecule has 0 aliphatic carbocycles. The van der Waals surface area contributed by atoms with Crippen LogP contribution < -0.4 is 5.32 Å². The van der Waals surface area contributed by atoms with Gasteiger partial charge in [0.05, 0.1) is 11.0 Å². The quantitative estimate of drug-likeness (QED) is 0.355. The molecular formula is C30H30ClF3N2O2. The van der Waals surface area contributed by atoms with E-state index in [-0.39, 0.29) is 18.4 Å². The SMILES string of the molecule is O=C(CCc1ccc(Cl)cc1)N1CCC(Cc2ccccc2)(C(=O)NCc2cccc(C(F)(F)F)c2)CC1. The third-order valence-electron chi connectivity index (χ3n) is 7.19. The summed E-state index contributed by atoms with van der Waals surface area (Å²) in [7, 11) is 0. The number of carbonyl (C=O) groups is 2. The summed E-state index contributed by atoms with van der Waals surface area (Å²) in [6.07, 6.45) is -2.02. The fraction of sp³-hybridized carbons (Fsp3) is 0.333. The fourth-order valence-electron chi connectivity index (χ4n) is 4.94. The van der Waals surface area contributed by atoms with E-state index in [1.165, 1.54) is 6.07 Å². The van der Waals surface area contributed by atoms with Crippen molar-refractivity contribution >= 4 is 23.4 Å². The number of nitrogens with zero attached hydrogens (tertiary/aromatic N) is 1. The van der Waals surface area contributed by atoms with Gasteiger partial charge in [0.1, 0.15) is 0 Å². The van der Waals surface area contributed by atoms with Crippen LogP contribution in [-0.2, 0) is 35.2 Å². The average Bonchev–Trinajstić information content (AvgIpc) is 2.92. The molecule has 0 unspecified atom stereocenters. The molecule has 0 aromatic heterocycles. The first-order valence-corrected chi connectivity index (χ1v) is 13.0. The summed E-state index contributed by atoms with van der Waals surface area (Å²) in [5.41, 5.74) is 0.929. The van der Waals surface area contributed by atoms with Crippen molar-refractivity contribution in [3.8, 4) is 0 Å². The molecule has 38 heavy (non-hydrogen) atoms. The smallest absolute Gasteiger partial charge is 0.352 e. The lowest BCUT2D eigenvalue weighted by molar-refractivity contribution is -0.140. The third kappa shape index (κ3) is 7.16. The molecule has 200 valence electrons. The predicted octanol–water partition coefficient (Wildman–Crippen LogP) is 6.46. The largest absolute Gasteiger partial charge is 0.416 e. The molecule has 3 aromatic carbocycles. The Labute approximate surface area is 225 Å². The van der Waals surface area contributed by atoms with Gasteiger partial charge in [-0.2, -0.15) is 13.2 Å². The summed E-state index contributed by atoms with van der Waals surface area (Å²) in [4.78, 5) is 28.3. The number of likely N-dealkylation sites (tertiary alicyclic amines) is 1. The highest BCUT2D eigenvalue weighted by Gasteiger charge is 2.42. The first kappa shape index (κ1) is 27.7. The molecule has 3 aromatic rings. The van der Waals surface area contributed by atoms with Gasteiger partial charge in [0.2, 0.25) is 11.8 Å².